The van der Waals surface area contributed by atoms with Gasteiger partial charge in [-0.05, 0) is 12.1 Å². The molecule has 1 aromatic carbocycles. The molecule has 1 aliphatic rings. The zero-order valence-electron chi connectivity index (χ0n) is 12.0. The summed E-state index contributed by atoms with van der Waals surface area (Å²) in [4.78, 5) is 13.3. The van der Waals surface area contributed by atoms with Crippen LogP contribution in [0.4, 0.5) is 0 Å². The number of benzene rings is 1. The lowest BCUT2D eigenvalue weighted by Crippen LogP contribution is -3.14. The minimum atomic E-state index is -2.84. The Morgan fingerprint density at radius 2 is 1.95 bits per heavy atom. The lowest BCUT2D eigenvalue weighted by atomic mass is 10.1. The third kappa shape index (κ3) is 5.30. The summed E-state index contributed by atoms with van der Waals surface area (Å²) in [6.45, 7) is 1.90. The number of hydrogen-bond acceptors (Lipinski definition) is 4. The van der Waals surface area contributed by atoms with E-state index in [2.05, 4.69) is 0 Å². The molecule has 0 unspecified atom stereocenters. The zero-order valence-corrected chi connectivity index (χ0v) is 13.5. The van der Waals surface area contributed by atoms with Crippen LogP contribution in [0, 0.1) is 0 Å². The lowest BCUT2D eigenvalue weighted by molar-refractivity contribution is -0.895. The Morgan fingerprint density at radius 1 is 1.29 bits per heavy atom. The minimum Gasteiger partial charge on any atom is -1.00 e. The van der Waals surface area contributed by atoms with Gasteiger partial charge in [0.05, 0.1) is 44.7 Å². The van der Waals surface area contributed by atoms with Gasteiger partial charge in [0, 0.05) is 5.56 Å². The van der Waals surface area contributed by atoms with Crippen molar-refractivity contribution >= 4 is 15.6 Å². The van der Waals surface area contributed by atoms with Gasteiger partial charge in [-0.15, -0.1) is 0 Å². The molecule has 1 fully saturated rings. The molecule has 0 saturated carbocycles. The van der Waals surface area contributed by atoms with Crippen molar-refractivity contribution in [1.82, 2.24) is 0 Å². The van der Waals surface area contributed by atoms with Crippen molar-refractivity contribution in [2.24, 2.45) is 0 Å². The highest BCUT2D eigenvalue weighted by atomic mass is 35.5. The summed E-state index contributed by atoms with van der Waals surface area (Å²) in [6, 6.07) is 7.11. The molecule has 0 amide bonds. The molecule has 5 nitrogen and oxygen atoms in total. The fourth-order valence-electron chi connectivity index (χ4n) is 2.31. The highest BCUT2D eigenvalue weighted by Crippen LogP contribution is 2.13. The van der Waals surface area contributed by atoms with E-state index < -0.39 is 9.84 Å². The van der Waals surface area contributed by atoms with Gasteiger partial charge < -0.3 is 22.0 Å². The van der Waals surface area contributed by atoms with Crippen LogP contribution in [0.3, 0.4) is 0 Å². The second-order valence-electron chi connectivity index (χ2n) is 5.06. The number of sulfone groups is 1. The number of Topliss-reactive ketones (excluding diaryl/α,β-unsaturated/α-hetero) is 1. The molecule has 0 bridgehead atoms. The fraction of sp³-hybridized carbons (Fsp3) is 0.500. The Labute approximate surface area is 131 Å². The van der Waals surface area contributed by atoms with Crippen LogP contribution >= 0.6 is 0 Å². The van der Waals surface area contributed by atoms with Gasteiger partial charge >= 0.3 is 0 Å². The number of nitrogens with one attached hydrogen (secondary N) is 1. The summed E-state index contributed by atoms with van der Waals surface area (Å²) in [5.74, 6) is 1.21. The Bertz CT molecular complexity index is 574. The molecule has 1 aromatic rings. The van der Waals surface area contributed by atoms with E-state index in [0.717, 1.165) is 0 Å². The van der Waals surface area contributed by atoms with Crippen LogP contribution in [0.1, 0.15) is 16.8 Å². The second kappa shape index (κ2) is 7.77. The number of carbonyl (C=O) groups excluding carboxylic acids is 1. The van der Waals surface area contributed by atoms with Gasteiger partial charge in [-0.2, -0.15) is 0 Å². The fourth-order valence-corrected chi connectivity index (χ4v) is 3.71. The lowest BCUT2D eigenvalue weighted by Gasteiger charge is -2.23. The number of halogens is 1. The molecular weight excluding hydrogens is 314 g/mol. The van der Waals surface area contributed by atoms with E-state index in [1.165, 1.54) is 4.90 Å². The number of methoxy groups -OCH3 is 1. The van der Waals surface area contributed by atoms with E-state index >= 15 is 0 Å². The van der Waals surface area contributed by atoms with Crippen LogP contribution in [0.15, 0.2) is 24.3 Å². The number of hydrogen-bond donors (Lipinski definition) is 1. The van der Waals surface area contributed by atoms with Crippen LogP contribution < -0.4 is 22.0 Å². The highest BCUT2D eigenvalue weighted by molar-refractivity contribution is 7.91. The SMILES string of the molecule is COc1cccc(C(=O)CC[NH+]2CCS(=O)(=O)CC2)c1.[Cl-]. The predicted octanol–water partition coefficient (Wildman–Crippen LogP) is -3.41. The average molecular weight is 334 g/mol. The summed E-state index contributed by atoms with van der Waals surface area (Å²) < 4.78 is 27.8. The number of quaternary nitrogens is 1. The normalized spacial score (nSPS) is 17.8. The molecular formula is C14H20ClNO4S. The van der Waals surface area contributed by atoms with Gasteiger partial charge in [0.15, 0.2) is 15.6 Å². The molecule has 1 heterocycles. The quantitative estimate of drug-likeness (QED) is 0.570. The van der Waals surface area contributed by atoms with Crippen LogP contribution in [-0.2, 0) is 9.84 Å². The molecule has 0 aliphatic carbocycles. The van der Waals surface area contributed by atoms with E-state index in [1.54, 1.807) is 31.4 Å². The largest absolute Gasteiger partial charge is 1.00 e. The predicted molar refractivity (Wildman–Crippen MR) is 76.2 cm³/mol. The van der Waals surface area contributed by atoms with E-state index in [-0.39, 0.29) is 29.7 Å². The molecule has 118 valence electrons. The number of ketones is 1. The monoisotopic (exact) mass is 333 g/mol. The Balaban J connectivity index is 0.00000220. The minimum absolute atomic E-state index is 0. The first-order valence-electron chi connectivity index (χ1n) is 6.71. The van der Waals surface area contributed by atoms with Gasteiger partial charge in [-0.25, -0.2) is 8.42 Å². The van der Waals surface area contributed by atoms with Crippen molar-refractivity contribution < 1.29 is 35.3 Å². The molecule has 2 rings (SSSR count). The molecule has 21 heavy (non-hydrogen) atoms. The van der Waals surface area contributed by atoms with Gasteiger partial charge in [-0.1, -0.05) is 12.1 Å². The average Bonchev–Trinajstić information content (AvgIpc) is 2.46. The summed E-state index contributed by atoms with van der Waals surface area (Å²) in [6.07, 6.45) is 0.433. The third-order valence-electron chi connectivity index (χ3n) is 3.63. The van der Waals surface area contributed by atoms with E-state index in [4.69, 9.17) is 4.74 Å². The first-order valence-corrected chi connectivity index (χ1v) is 8.53. The number of ether oxygens (including phenoxy) is 1. The van der Waals surface area contributed by atoms with E-state index in [0.29, 0.717) is 37.4 Å². The zero-order chi connectivity index (χ0) is 14.6. The molecule has 0 radical (unpaired) electrons. The summed E-state index contributed by atoms with van der Waals surface area (Å²) in [5, 5.41) is 0. The van der Waals surface area contributed by atoms with Crippen LogP contribution in [0.25, 0.3) is 0 Å². The summed E-state index contributed by atoms with van der Waals surface area (Å²) in [7, 11) is -1.27. The Kier molecular flexibility index (Phi) is 6.64. The van der Waals surface area contributed by atoms with Crippen LogP contribution in [0.5, 0.6) is 5.75 Å². The topological polar surface area (TPSA) is 64.9 Å². The van der Waals surface area contributed by atoms with Crippen molar-refractivity contribution in [2.75, 3.05) is 38.2 Å². The molecule has 0 spiro atoms. The maximum Gasteiger partial charge on any atom is 0.168 e. The van der Waals surface area contributed by atoms with Crippen LogP contribution in [-0.4, -0.2) is 52.5 Å². The smallest absolute Gasteiger partial charge is 0.168 e. The number of carbonyl (C=O) groups is 1. The molecule has 0 aromatic heterocycles. The molecule has 7 heteroatoms. The third-order valence-corrected chi connectivity index (χ3v) is 5.28. The van der Waals surface area contributed by atoms with Crippen molar-refractivity contribution in [3.63, 3.8) is 0 Å². The Morgan fingerprint density at radius 3 is 2.57 bits per heavy atom. The summed E-state index contributed by atoms with van der Waals surface area (Å²) in [5.41, 5.74) is 0.647. The molecule has 1 N–H and O–H groups in total. The number of rotatable bonds is 5. The molecule has 0 atom stereocenters. The van der Waals surface area contributed by atoms with Gasteiger partial charge in [0.2, 0.25) is 0 Å². The Hall–Kier alpha value is -1.11. The maximum absolute atomic E-state index is 12.1. The van der Waals surface area contributed by atoms with Gasteiger partial charge in [0.25, 0.3) is 0 Å². The first kappa shape index (κ1) is 17.9. The van der Waals surface area contributed by atoms with E-state index in [1.807, 2.05) is 0 Å². The van der Waals surface area contributed by atoms with Gasteiger partial charge in [0.1, 0.15) is 5.75 Å². The highest BCUT2D eigenvalue weighted by Gasteiger charge is 2.24. The standard InChI is InChI=1S/C14H19NO4S.ClH/c1-19-13-4-2-3-12(11-13)14(16)5-6-15-7-9-20(17,18)10-8-15;/h2-4,11H,5-10H2,1H3;1H. The maximum atomic E-state index is 12.1. The summed E-state index contributed by atoms with van der Waals surface area (Å²) >= 11 is 0. The van der Waals surface area contributed by atoms with Crippen molar-refractivity contribution in [3.05, 3.63) is 29.8 Å². The van der Waals surface area contributed by atoms with Crippen LogP contribution in [0.2, 0.25) is 0 Å². The van der Waals surface area contributed by atoms with Crippen molar-refractivity contribution in [2.45, 2.75) is 6.42 Å². The van der Waals surface area contributed by atoms with Crippen molar-refractivity contribution in [1.29, 1.82) is 0 Å². The first-order chi connectivity index (χ1) is 9.50. The molecule has 1 saturated heterocycles. The van der Waals surface area contributed by atoms with E-state index in [9.17, 15) is 13.2 Å². The molecule has 1 aliphatic heterocycles. The second-order valence-corrected chi connectivity index (χ2v) is 7.36. The van der Waals surface area contributed by atoms with Crippen molar-refractivity contribution in [3.8, 4) is 5.75 Å². The van der Waals surface area contributed by atoms with Gasteiger partial charge in [-0.3, -0.25) is 4.79 Å².